The molecular weight excluding hydrogens is 222 g/mol. The quantitative estimate of drug-likeness (QED) is 0.613. The minimum Gasteiger partial charge on any atom is -0.324 e. The van der Waals surface area contributed by atoms with Gasteiger partial charge in [0.25, 0.3) is 5.69 Å². The Morgan fingerprint density at radius 2 is 2.29 bits per heavy atom. The lowest BCUT2D eigenvalue weighted by atomic mass is 10.1. The minimum absolute atomic E-state index is 0.00329. The second kappa shape index (κ2) is 4.50. The molecule has 1 unspecified atom stereocenters. The van der Waals surface area contributed by atoms with Crippen LogP contribution in [0.1, 0.15) is 24.9 Å². The van der Waals surface area contributed by atoms with Crippen molar-refractivity contribution in [1.82, 2.24) is 5.32 Å². The molecule has 0 radical (unpaired) electrons. The summed E-state index contributed by atoms with van der Waals surface area (Å²) in [6.45, 7) is 2.69. The summed E-state index contributed by atoms with van der Waals surface area (Å²) in [7, 11) is 0. The van der Waals surface area contributed by atoms with Gasteiger partial charge < -0.3 is 10.6 Å². The number of nitro benzene ring substituents is 1. The monoisotopic (exact) mass is 235 g/mol. The van der Waals surface area contributed by atoms with Crippen molar-refractivity contribution in [2.24, 2.45) is 0 Å². The van der Waals surface area contributed by atoms with Gasteiger partial charge in [0, 0.05) is 23.4 Å². The molecule has 6 heteroatoms. The van der Waals surface area contributed by atoms with Crippen LogP contribution in [0.2, 0.25) is 0 Å². The Kier molecular flexibility index (Phi) is 3.06. The SMILES string of the molecule is CCCNC1C(=O)Nc2ccc([N+](=O)[O-])cc21. The molecule has 0 aromatic heterocycles. The molecule has 1 aliphatic rings. The minimum atomic E-state index is -0.482. The lowest BCUT2D eigenvalue weighted by molar-refractivity contribution is -0.384. The van der Waals surface area contributed by atoms with E-state index in [1.54, 1.807) is 6.07 Å². The van der Waals surface area contributed by atoms with Crippen molar-refractivity contribution in [1.29, 1.82) is 0 Å². The molecule has 90 valence electrons. The number of amides is 1. The number of benzene rings is 1. The third kappa shape index (κ3) is 2.12. The molecule has 0 fully saturated rings. The molecule has 2 N–H and O–H groups in total. The molecule has 1 aromatic carbocycles. The first-order valence-corrected chi connectivity index (χ1v) is 5.46. The predicted molar refractivity (Wildman–Crippen MR) is 62.8 cm³/mol. The number of hydrogen-bond acceptors (Lipinski definition) is 4. The molecule has 0 aliphatic carbocycles. The van der Waals surface area contributed by atoms with Crippen molar-refractivity contribution >= 4 is 17.3 Å². The number of rotatable bonds is 4. The van der Waals surface area contributed by atoms with Gasteiger partial charge in [0.15, 0.2) is 0 Å². The first kappa shape index (κ1) is 11.5. The first-order valence-electron chi connectivity index (χ1n) is 5.46. The number of anilines is 1. The lowest BCUT2D eigenvalue weighted by Crippen LogP contribution is -2.28. The second-order valence-corrected chi connectivity index (χ2v) is 3.91. The van der Waals surface area contributed by atoms with E-state index in [0.717, 1.165) is 6.42 Å². The molecular formula is C11H13N3O3. The molecule has 0 spiro atoms. The average molecular weight is 235 g/mol. The van der Waals surface area contributed by atoms with Gasteiger partial charge in [-0.25, -0.2) is 0 Å². The average Bonchev–Trinajstić information content (AvgIpc) is 2.61. The Bertz CT molecular complexity index is 473. The van der Waals surface area contributed by atoms with E-state index in [9.17, 15) is 14.9 Å². The fourth-order valence-electron chi connectivity index (χ4n) is 1.85. The fourth-order valence-corrected chi connectivity index (χ4v) is 1.85. The Balaban J connectivity index is 2.32. The highest BCUT2D eigenvalue weighted by Crippen LogP contribution is 2.33. The van der Waals surface area contributed by atoms with Crippen LogP contribution < -0.4 is 10.6 Å². The number of nitrogens with one attached hydrogen (secondary N) is 2. The van der Waals surface area contributed by atoms with Crippen molar-refractivity contribution in [3.05, 3.63) is 33.9 Å². The van der Waals surface area contributed by atoms with Crippen molar-refractivity contribution in [2.75, 3.05) is 11.9 Å². The summed E-state index contributed by atoms with van der Waals surface area (Å²) >= 11 is 0. The molecule has 6 nitrogen and oxygen atoms in total. The molecule has 1 aliphatic heterocycles. The number of carbonyl (C=O) groups is 1. The second-order valence-electron chi connectivity index (χ2n) is 3.91. The molecule has 1 heterocycles. The van der Waals surface area contributed by atoms with Gasteiger partial charge in [-0.1, -0.05) is 6.92 Å². The van der Waals surface area contributed by atoms with Crippen molar-refractivity contribution < 1.29 is 9.72 Å². The summed E-state index contributed by atoms with van der Waals surface area (Å²) in [5, 5.41) is 16.5. The number of fused-ring (bicyclic) bond motifs is 1. The Labute approximate surface area is 98.2 Å². The van der Waals surface area contributed by atoms with E-state index in [1.807, 2.05) is 6.92 Å². The summed E-state index contributed by atoms with van der Waals surface area (Å²) in [5.74, 6) is -0.158. The maximum atomic E-state index is 11.7. The first-order chi connectivity index (χ1) is 8.13. The Morgan fingerprint density at radius 1 is 1.53 bits per heavy atom. The van der Waals surface area contributed by atoms with Gasteiger partial charge in [-0.15, -0.1) is 0 Å². The molecule has 1 atom stereocenters. The van der Waals surface area contributed by atoms with E-state index >= 15 is 0 Å². The van der Waals surface area contributed by atoms with Crippen LogP contribution in [0.3, 0.4) is 0 Å². The molecule has 0 saturated carbocycles. The van der Waals surface area contributed by atoms with E-state index in [0.29, 0.717) is 17.8 Å². The summed E-state index contributed by atoms with van der Waals surface area (Å²) in [6, 6.07) is 3.92. The van der Waals surface area contributed by atoms with Crippen LogP contribution in [0, 0.1) is 10.1 Å². The fraction of sp³-hybridized carbons (Fsp3) is 0.364. The molecule has 1 amide bonds. The normalized spacial score (nSPS) is 17.7. The molecule has 0 saturated heterocycles. The maximum Gasteiger partial charge on any atom is 0.269 e. The zero-order valence-electron chi connectivity index (χ0n) is 9.40. The summed E-state index contributed by atoms with van der Waals surface area (Å²) in [6.07, 6.45) is 0.897. The molecule has 0 bridgehead atoms. The Morgan fingerprint density at radius 3 is 2.94 bits per heavy atom. The van der Waals surface area contributed by atoms with E-state index < -0.39 is 11.0 Å². The zero-order valence-corrected chi connectivity index (χ0v) is 9.40. The third-order valence-electron chi connectivity index (χ3n) is 2.68. The predicted octanol–water partition coefficient (Wildman–Crippen LogP) is 1.59. The van der Waals surface area contributed by atoms with Crippen LogP contribution in [-0.4, -0.2) is 17.4 Å². The molecule has 17 heavy (non-hydrogen) atoms. The maximum absolute atomic E-state index is 11.7. The largest absolute Gasteiger partial charge is 0.324 e. The number of hydrogen-bond donors (Lipinski definition) is 2. The van der Waals surface area contributed by atoms with E-state index in [4.69, 9.17) is 0 Å². The van der Waals surface area contributed by atoms with Crippen molar-refractivity contribution in [2.45, 2.75) is 19.4 Å². The highest BCUT2D eigenvalue weighted by molar-refractivity contribution is 6.02. The molecule has 2 rings (SSSR count). The van der Waals surface area contributed by atoms with Crippen molar-refractivity contribution in [3.63, 3.8) is 0 Å². The van der Waals surface area contributed by atoms with E-state index in [1.165, 1.54) is 12.1 Å². The smallest absolute Gasteiger partial charge is 0.269 e. The van der Waals surface area contributed by atoms with Gasteiger partial charge in [0.2, 0.25) is 5.91 Å². The number of non-ortho nitro benzene ring substituents is 1. The van der Waals surface area contributed by atoms with Crippen LogP contribution >= 0.6 is 0 Å². The highest BCUT2D eigenvalue weighted by atomic mass is 16.6. The lowest BCUT2D eigenvalue weighted by Gasteiger charge is -2.09. The van der Waals surface area contributed by atoms with Gasteiger partial charge in [0.1, 0.15) is 6.04 Å². The van der Waals surface area contributed by atoms with Gasteiger partial charge in [-0.05, 0) is 19.0 Å². The van der Waals surface area contributed by atoms with Gasteiger partial charge in [-0.3, -0.25) is 14.9 Å². The van der Waals surface area contributed by atoms with Crippen LogP contribution in [0.25, 0.3) is 0 Å². The van der Waals surface area contributed by atoms with Crippen LogP contribution in [0.4, 0.5) is 11.4 Å². The summed E-state index contributed by atoms with van der Waals surface area (Å²) in [5.41, 5.74) is 1.30. The van der Waals surface area contributed by atoms with Gasteiger partial charge in [-0.2, -0.15) is 0 Å². The van der Waals surface area contributed by atoms with E-state index in [-0.39, 0.29) is 11.6 Å². The number of carbonyl (C=O) groups excluding carboxylic acids is 1. The summed E-state index contributed by atoms with van der Waals surface area (Å²) in [4.78, 5) is 21.9. The van der Waals surface area contributed by atoms with Crippen LogP contribution in [0.15, 0.2) is 18.2 Å². The highest BCUT2D eigenvalue weighted by Gasteiger charge is 2.31. The van der Waals surface area contributed by atoms with Crippen LogP contribution in [-0.2, 0) is 4.79 Å². The Hall–Kier alpha value is -1.95. The summed E-state index contributed by atoms with van der Waals surface area (Å²) < 4.78 is 0. The topological polar surface area (TPSA) is 84.3 Å². The third-order valence-corrected chi connectivity index (χ3v) is 2.68. The van der Waals surface area contributed by atoms with Gasteiger partial charge in [0.05, 0.1) is 4.92 Å². The number of nitro groups is 1. The van der Waals surface area contributed by atoms with Crippen molar-refractivity contribution in [3.8, 4) is 0 Å². The molecule has 1 aromatic rings. The number of nitrogens with zero attached hydrogens (tertiary/aromatic N) is 1. The standard InChI is InChI=1S/C11H13N3O3/c1-2-5-12-10-8-6-7(14(16)17)3-4-9(8)13-11(10)15/h3-4,6,10,12H,2,5H2,1H3,(H,13,15). The van der Waals surface area contributed by atoms with E-state index in [2.05, 4.69) is 10.6 Å². The van der Waals surface area contributed by atoms with Gasteiger partial charge >= 0.3 is 0 Å². The van der Waals surface area contributed by atoms with Crippen LogP contribution in [0.5, 0.6) is 0 Å². The zero-order chi connectivity index (χ0) is 12.4.